The summed E-state index contributed by atoms with van der Waals surface area (Å²) in [4.78, 5) is 12.6. The van der Waals surface area contributed by atoms with Crippen LogP contribution >= 0.6 is 11.3 Å². The van der Waals surface area contributed by atoms with E-state index in [2.05, 4.69) is 0 Å². The number of benzene rings is 1. The molecule has 1 aliphatic carbocycles. The minimum Gasteiger partial charge on any atom is -0.478 e. The predicted molar refractivity (Wildman–Crippen MR) is 80.8 cm³/mol. The molecule has 20 heavy (non-hydrogen) atoms. The van der Waals surface area contributed by atoms with E-state index < -0.39 is 11.6 Å². The normalized spacial score (nSPS) is 15.1. The van der Waals surface area contributed by atoms with Gasteiger partial charge in [0.25, 0.3) is 0 Å². The van der Waals surface area contributed by atoms with Crippen LogP contribution in [-0.2, 0) is 17.6 Å². The Labute approximate surface area is 122 Å². The quantitative estimate of drug-likeness (QED) is 0.928. The highest BCUT2D eigenvalue weighted by Gasteiger charge is 2.29. The van der Waals surface area contributed by atoms with Gasteiger partial charge in [-0.1, -0.05) is 0 Å². The zero-order chi connectivity index (χ0) is 14.3. The monoisotopic (exact) mass is 290 g/mol. The summed E-state index contributed by atoms with van der Waals surface area (Å²) >= 11 is 1.86. The van der Waals surface area contributed by atoms with Crippen molar-refractivity contribution in [3.05, 3.63) is 28.6 Å². The fourth-order valence-electron chi connectivity index (χ4n) is 2.64. The van der Waals surface area contributed by atoms with Crippen molar-refractivity contribution in [2.75, 3.05) is 0 Å². The van der Waals surface area contributed by atoms with Crippen molar-refractivity contribution >= 4 is 27.4 Å². The predicted octanol–water partition coefficient (Wildman–Crippen LogP) is 4.02. The molecule has 0 saturated heterocycles. The van der Waals surface area contributed by atoms with E-state index in [-0.39, 0.29) is 0 Å². The van der Waals surface area contributed by atoms with Gasteiger partial charge in [0.05, 0.1) is 0 Å². The fourth-order valence-corrected chi connectivity index (χ4v) is 3.92. The first-order chi connectivity index (χ1) is 9.47. The van der Waals surface area contributed by atoms with Crippen molar-refractivity contribution in [3.8, 4) is 5.75 Å². The molecule has 1 aromatic carbocycles. The fraction of sp³-hybridized carbons (Fsp3) is 0.438. The molecular weight excluding hydrogens is 272 g/mol. The molecule has 0 spiro atoms. The van der Waals surface area contributed by atoms with Crippen LogP contribution in [0.1, 0.15) is 37.1 Å². The molecule has 1 N–H and O–H groups in total. The van der Waals surface area contributed by atoms with Gasteiger partial charge < -0.3 is 9.84 Å². The van der Waals surface area contributed by atoms with Crippen LogP contribution in [0, 0.1) is 0 Å². The zero-order valence-corrected chi connectivity index (χ0v) is 12.5. The molecule has 0 saturated carbocycles. The number of aliphatic carboxylic acids is 1. The van der Waals surface area contributed by atoms with E-state index in [1.54, 1.807) is 13.8 Å². The Morgan fingerprint density at radius 1 is 1.30 bits per heavy atom. The first-order valence-electron chi connectivity index (χ1n) is 6.94. The van der Waals surface area contributed by atoms with Crippen molar-refractivity contribution in [2.45, 2.75) is 45.1 Å². The third kappa shape index (κ3) is 2.29. The highest BCUT2D eigenvalue weighted by atomic mass is 32.1. The lowest BCUT2D eigenvalue weighted by atomic mass is 9.96. The van der Waals surface area contributed by atoms with E-state index in [9.17, 15) is 4.79 Å². The van der Waals surface area contributed by atoms with Crippen LogP contribution in [0.3, 0.4) is 0 Å². The van der Waals surface area contributed by atoms with Gasteiger partial charge in [-0.05, 0) is 68.7 Å². The third-order valence-corrected chi connectivity index (χ3v) is 5.09. The molecule has 1 aliphatic rings. The summed E-state index contributed by atoms with van der Waals surface area (Å²) in [5.41, 5.74) is 0.235. The number of ether oxygens (including phenoxy) is 1. The third-order valence-electron chi connectivity index (χ3n) is 3.81. The Hall–Kier alpha value is -1.55. The van der Waals surface area contributed by atoms with E-state index in [4.69, 9.17) is 9.84 Å². The lowest BCUT2D eigenvalue weighted by molar-refractivity contribution is -0.152. The number of hydrogen-bond acceptors (Lipinski definition) is 3. The minimum atomic E-state index is -1.20. The Morgan fingerprint density at radius 2 is 2.05 bits per heavy atom. The van der Waals surface area contributed by atoms with Crippen LogP contribution in [0.5, 0.6) is 5.75 Å². The van der Waals surface area contributed by atoms with Gasteiger partial charge in [-0.25, -0.2) is 4.79 Å². The van der Waals surface area contributed by atoms with Gasteiger partial charge in [0, 0.05) is 9.58 Å². The van der Waals surface area contributed by atoms with Gasteiger partial charge in [-0.3, -0.25) is 0 Å². The molecule has 1 aromatic heterocycles. The molecule has 0 radical (unpaired) electrons. The molecule has 2 aromatic rings. The van der Waals surface area contributed by atoms with Gasteiger partial charge in [0.15, 0.2) is 5.60 Å². The molecule has 3 rings (SSSR count). The molecule has 3 nitrogen and oxygen atoms in total. The smallest absolute Gasteiger partial charge is 0.347 e. The summed E-state index contributed by atoms with van der Waals surface area (Å²) in [6.07, 6.45) is 4.81. The van der Waals surface area contributed by atoms with Crippen LogP contribution < -0.4 is 4.74 Å². The molecule has 0 bridgehead atoms. The molecule has 4 heteroatoms. The minimum absolute atomic E-state index is 0.635. The standard InChI is InChI=1S/C16H18O3S/c1-16(2,15(17)18)19-10-7-8-14-12(9-10)11-5-3-4-6-13(11)20-14/h7-9H,3-6H2,1-2H3,(H,17,18). The maximum atomic E-state index is 11.1. The number of carboxylic acids is 1. The van der Waals surface area contributed by atoms with Crippen LogP contribution in [0.4, 0.5) is 0 Å². The Kier molecular flexibility index (Phi) is 3.21. The van der Waals surface area contributed by atoms with Gasteiger partial charge in [0.1, 0.15) is 5.75 Å². The lowest BCUT2D eigenvalue weighted by Crippen LogP contribution is -2.37. The summed E-state index contributed by atoms with van der Waals surface area (Å²) in [6, 6.07) is 5.92. The van der Waals surface area contributed by atoms with Crippen molar-refractivity contribution in [3.63, 3.8) is 0 Å². The SMILES string of the molecule is CC(C)(Oc1ccc2sc3c(c2c1)CCCC3)C(=O)O. The van der Waals surface area contributed by atoms with E-state index in [0.717, 1.165) is 6.42 Å². The van der Waals surface area contributed by atoms with Crippen molar-refractivity contribution in [1.82, 2.24) is 0 Å². The van der Waals surface area contributed by atoms with Crippen molar-refractivity contribution in [2.24, 2.45) is 0 Å². The highest BCUT2D eigenvalue weighted by molar-refractivity contribution is 7.19. The Balaban J connectivity index is 2.00. The molecule has 1 heterocycles. The van der Waals surface area contributed by atoms with E-state index in [1.165, 1.54) is 39.8 Å². The van der Waals surface area contributed by atoms with Crippen LogP contribution in [0.25, 0.3) is 10.1 Å². The van der Waals surface area contributed by atoms with Crippen LogP contribution in [0.15, 0.2) is 18.2 Å². The molecule has 0 amide bonds. The molecule has 0 aliphatic heterocycles. The number of hydrogen-bond donors (Lipinski definition) is 1. The second kappa shape index (κ2) is 4.77. The lowest BCUT2D eigenvalue weighted by Gasteiger charge is -2.21. The van der Waals surface area contributed by atoms with E-state index in [1.807, 2.05) is 29.5 Å². The molecule has 0 fully saturated rings. The van der Waals surface area contributed by atoms with Crippen LogP contribution in [0.2, 0.25) is 0 Å². The molecule has 0 unspecified atom stereocenters. The molecular formula is C16H18O3S. The number of thiophene rings is 1. The average molecular weight is 290 g/mol. The maximum Gasteiger partial charge on any atom is 0.347 e. The Bertz CT molecular complexity index is 670. The first kappa shape index (κ1) is 13.4. The van der Waals surface area contributed by atoms with Gasteiger partial charge in [-0.2, -0.15) is 0 Å². The van der Waals surface area contributed by atoms with Gasteiger partial charge >= 0.3 is 5.97 Å². The maximum absolute atomic E-state index is 11.1. The number of fused-ring (bicyclic) bond motifs is 3. The summed E-state index contributed by atoms with van der Waals surface area (Å²) in [5, 5.41) is 10.4. The van der Waals surface area contributed by atoms with Gasteiger partial charge in [0.2, 0.25) is 0 Å². The topological polar surface area (TPSA) is 46.5 Å². The number of carbonyl (C=O) groups is 1. The van der Waals surface area contributed by atoms with E-state index in [0.29, 0.717) is 5.75 Å². The number of rotatable bonds is 3. The highest BCUT2D eigenvalue weighted by Crippen LogP contribution is 2.38. The van der Waals surface area contributed by atoms with Crippen molar-refractivity contribution in [1.29, 1.82) is 0 Å². The summed E-state index contributed by atoms with van der Waals surface area (Å²) < 4.78 is 6.91. The number of aryl methyl sites for hydroxylation is 2. The first-order valence-corrected chi connectivity index (χ1v) is 7.76. The summed E-state index contributed by atoms with van der Waals surface area (Å²) in [6.45, 7) is 3.14. The largest absolute Gasteiger partial charge is 0.478 e. The molecule has 106 valence electrons. The Morgan fingerprint density at radius 3 is 2.80 bits per heavy atom. The second-order valence-corrected chi connectivity index (χ2v) is 6.92. The van der Waals surface area contributed by atoms with Crippen molar-refractivity contribution < 1.29 is 14.6 Å². The molecule has 0 atom stereocenters. The second-order valence-electron chi connectivity index (χ2n) is 5.79. The summed E-state index contributed by atoms with van der Waals surface area (Å²) in [5.74, 6) is -0.319. The number of carboxylic acid groups (broad SMARTS) is 1. The van der Waals surface area contributed by atoms with Crippen LogP contribution in [-0.4, -0.2) is 16.7 Å². The average Bonchev–Trinajstić information content (AvgIpc) is 2.76. The van der Waals surface area contributed by atoms with Gasteiger partial charge in [-0.15, -0.1) is 11.3 Å². The zero-order valence-electron chi connectivity index (χ0n) is 11.7. The summed E-state index contributed by atoms with van der Waals surface area (Å²) in [7, 11) is 0. The van der Waals surface area contributed by atoms with E-state index >= 15 is 0 Å².